The number of nitrogens with zero attached hydrogens (tertiary/aromatic N) is 2. The summed E-state index contributed by atoms with van der Waals surface area (Å²) in [6.45, 7) is 1.67. The molecule has 0 saturated carbocycles. The molecule has 0 bridgehead atoms. The molecule has 6 nitrogen and oxygen atoms in total. The molecule has 4 rings (SSSR count). The molecule has 0 spiro atoms. The van der Waals surface area contributed by atoms with Gasteiger partial charge < -0.3 is 19.0 Å². The summed E-state index contributed by atoms with van der Waals surface area (Å²) in [6, 6.07) is 11.1. The fourth-order valence-electron chi connectivity index (χ4n) is 3.30. The Balaban J connectivity index is 1.37. The molecule has 0 radical (unpaired) electrons. The fourth-order valence-corrected chi connectivity index (χ4v) is 3.56. The van der Waals surface area contributed by atoms with Gasteiger partial charge in [-0.3, -0.25) is 4.79 Å². The van der Waals surface area contributed by atoms with Crippen molar-refractivity contribution in [3.8, 4) is 5.75 Å². The molecule has 7 heteroatoms. The van der Waals surface area contributed by atoms with Crippen LogP contribution in [0.2, 0.25) is 0 Å². The van der Waals surface area contributed by atoms with Crippen LogP contribution < -0.4 is 4.74 Å². The number of ether oxygens (including phenoxy) is 1. The number of H-pyrrole nitrogens is 1. The van der Waals surface area contributed by atoms with Crippen LogP contribution in [0.4, 0.5) is 0 Å². The molecule has 140 valence electrons. The molecule has 0 aliphatic carbocycles. The molecule has 1 N–H and O–H groups in total. The minimum atomic E-state index is -0.0823. The van der Waals surface area contributed by atoms with Crippen LogP contribution in [0.5, 0.6) is 5.75 Å². The monoisotopic (exact) mass is 429 g/mol. The first-order valence-electron chi connectivity index (χ1n) is 8.94. The smallest absolute Gasteiger partial charge is 0.289 e. The van der Waals surface area contributed by atoms with E-state index in [4.69, 9.17) is 9.15 Å². The number of benzene rings is 1. The first-order valence-corrected chi connectivity index (χ1v) is 9.74. The van der Waals surface area contributed by atoms with Gasteiger partial charge in [0.15, 0.2) is 5.76 Å². The number of likely N-dealkylation sites (tertiary alicyclic amines) is 1. The predicted octanol–water partition coefficient (Wildman–Crippen LogP) is 4.36. The van der Waals surface area contributed by atoms with Crippen LogP contribution in [0.3, 0.4) is 0 Å². The Labute approximate surface area is 165 Å². The average Bonchev–Trinajstić information content (AvgIpc) is 3.39. The number of aromatic nitrogens is 2. The highest BCUT2D eigenvalue weighted by Gasteiger charge is 2.28. The maximum Gasteiger partial charge on any atom is 0.289 e. The lowest BCUT2D eigenvalue weighted by molar-refractivity contribution is 0.0668. The SMILES string of the molecule is O=C(c1ccc(COc2ccc(Br)cc2)o1)N1CCCC(c2ncc[nH]2)C1. The average molecular weight is 430 g/mol. The number of aromatic amines is 1. The molecule has 1 fully saturated rings. The van der Waals surface area contributed by atoms with Crippen molar-refractivity contribution in [1.82, 2.24) is 14.9 Å². The summed E-state index contributed by atoms with van der Waals surface area (Å²) in [5.74, 6) is 2.83. The number of nitrogens with one attached hydrogen (secondary N) is 1. The van der Waals surface area contributed by atoms with Crippen LogP contribution in [0.25, 0.3) is 0 Å². The van der Waals surface area contributed by atoms with Crippen LogP contribution in [0.1, 0.15) is 40.9 Å². The summed E-state index contributed by atoms with van der Waals surface area (Å²) in [7, 11) is 0. The summed E-state index contributed by atoms with van der Waals surface area (Å²) in [5, 5.41) is 0. The predicted molar refractivity (Wildman–Crippen MR) is 104 cm³/mol. The fraction of sp³-hybridized carbons (Fsp3) is 0.300. The van der Waals surface area contributed by atoms with Gasteiger partial charge in [-0.05, 0) is 49.2 Å². The minimum absolute atomic E-state index is 0.0823. The Bertz CT molecular complexity index is 890. The summed E-state index contributed by atoms with van der Waals surface area (Å²) in [6.07, 6.45) is 5.56. The highest BCUT2D eigenvalue weighted by atomic mass is 79.9. The first kappa shape index (κ1) is 17.9. The number of carbonyl (C=O) groups excluding carboxylic acids is 1. The second-order valence-electron chi connectivity index (χ2n) is 6.57. The van der Waals surface area contributed by atoms with Gasteiger partial charge in [0.25, 0.3) is 5.91 Å². The second kappa shape index (κ2) is 8.00. The Hall–Kier alpha value is -2.54. The lowest BCUT2D eigenvalue weighted by Gasteiger charge is -2.31. The number of carbonyl (C=O) groups is 1. The van der Waals surface area contributed by atoms with Crippen molar-refractivity contribution in [2.24, 2.45) is 0 Å². The van der Waals surface area contributed by atoms with Gasteiger partial charge in [0.1, 0.15) is 23.9 Å². The number of hydrogen-bond donors (Lipinski definition) is 1. The van der Waals surface area contributed by atoms with Crippen LogP contribution in [-0.4, -0.2) is 33.9 Å². The lowest BCUT2D eigenvalue weighted by Crippen LogP contribution is -2.39. The number of furan rings is 1. The van der Waals surface area contributed by atoms with Crippen molar-refractivity contribution in [2.45, 2.75) is 25.4 Å². The molecule has 3 heterocycles. The quantitative estimate of drug-likeness (QED) is 0.653. The minimum Gasteiger partial charge on any atom is -0.486 e. The normalized spacial score (nSPS) is 17.1. The number of halogens is 1. The number of piperidine rings is 1. The van der Waals surface area contributed by atoms with Gasteiger partial charge in [-0.1, -0.05) is 15.9 Å². The lowest BCUT2D eigenvalue weighted by atomic mass is 9.97. The van der Waals surface area contributed by atoms with E-state index >= 15 is 0 Å². The second-order valence-corrected chi connectivity index (χ2v) is 7.49. The van der Waals surface area contributed by atoms with Gasteiger partial charge in [0, 0.05) is 35.9 Å². The van der Waals surface area contributed by atoms with E-state index in [0.29, 0.717) is 18.1 Å². The maximum absolute atomic E-state index is 12.8. The van der Waals surface area contributed by atoms with Crippen molar-refractivity contribution in [3.63, 3.8) is 0 Å². The van der Waals surface area contributed by atoms with E-state index < -0.39 is 0 Å². The third-order valence-electron chi connectivity index (χ3n) is 4.68. The molecule has 1 unspecified atom stereocenters. The zero-order valence-electron chi connectivity index (χ0n) is 14.7. The molecule has 2 aromatic heterocycles. The zero-order chi connectivity index (χ0) is 18.6. The van der Waals surface area contributed by atoms with Gasteiger partial charge in [-0.25, -0.2) is 4.98 Å². The van der Waals surface area contributed by atoms with Crippen LogP contribution >= 0.6 is 15.9 Å². The van der Waals surface area contributed by atoms with E-state index in [2.05, 4.69) is 25.9 Å². The van der Waals surface area contributed by atoms with E-state index in [0.717, 1.165) is 35.4 Å². The molecule has 1 atom stereocenters. The Morgan fingerprint density at radius 2 is 2.15 bits per heavy atom. The zero-order valence-corrected chi connectivity index (χ0v) is 16.3. The standard InChI is InChI=1S/C20H20BrN3O3/c21-15-3-5-16(6-4-15)26-13-17-7-8-18(27-17)20(25)24-11-1-2-14(12-24)19-22-9-10-23-19/h3-10,14H,1-2,11-13H2,(H,22,23). The van der Waals surface area contributed by atoms with Gasteiger partial charge >= 0.3 is 0 Å². The Morgan fingerprint density at radius 3 is 2.93 bits per heavy atom. The molecule has 1 aliphatic rings. The van der Waals surface area contributed by atoms with Crippen LogP contribution in [0, 0.1) is 0 Å². The molecule has 27 heavy (non-hydrogen) atoms. The van der Waals surface area contributed by atoms with Gasteiger partial charge in [-0.15, -0.1) is 0 Å². The molecular weight excluding hydrogens is 410 g/mol. The highest BCUT2D eigenvalue weighted by Crippen LogP contribution is 2.26. The van der Waals surface area contributed by atoms with Crippen LogP contribution in [0.15, 0.2) is 57.7 Å². The number of amides is 1. The molecule has 1 aliphatic heterocycles. The summed E-state index contributed by atoms with van der Waals surface area (Å²) < 4.78 is 12.4. The van der Waals surface area contributed by atoms with Gasteiger partial charge in [0.05, 0.1) is 0 Å². The van der Waals surface area contributed by atoms with Gasteiger partial charge in [0.2, 0.25) is 0 Å². The van der Waals surface area contributed by atoms with Crippen molar-refractivity contribution in [1.29, 1.82) is 0 Å². The topological polar surface area (TPSA) is 71.4 Å². The maximum atomic E-state index is 12.8. The Morgan fingerprint density at radius 1 is 1.30 bits per heavy atom. The van der Waals surface area contributed by atoms with Crippen molar-refractivity contribution >= 4 is 21.8 Å². The number of hydrogen-bond acceptors (Lipinski definition) is 4. The van der Waals surface area contributed by atoms with Crippen molar-refractivity contribution in [2.75, 3.05) is 13.1 Å². The number of rotatable bonds is 5. The van der Waals surface area contributed by atoms with E-state index in [1.807, 2.05) is 35.4 Å². The molecular formula is C20H20BrN3O3. The van der Waals surface area contributed by atoms with E-state index in [1.165, 1.54) is 0 Å². The van der Waals surface area contributed by atoms with Crippen molar-refractivity contribution < 1.29 is 13.9 Å². The Kier molecular flexibility index (Phi) is 5.29. The van der Waals surface area contributed by atoms with E-state index in [-0.39, 0.29) is 18.4 Å². The summed E-state index contributed by atoms with van der Waals surface area (Å²) >= 11 is 3.39. The van der Waals surface area contributed by atoms with E-state index in [9.17, 15) is 4.79 Å². The van der Waals surface area contributed by atoms with E-state index in [1.54, 1.807) is 18.3 Å². The molecule has 1 amide bonds. The summed E-state index contributed by atoms with van der Waals surface area (Å²) in [5.41, 5.74) is 0. The third-order valence-corrected chi connectivity index (χ3v) is 5.21. The molecule has 1 saturated heterocycles. The van der Waals surface area contributed by atoms with Crippen molar-refractivity contribution in [3.05, 3.63) is 70.6 Å². The molecule has 3 aromatic rings. The largest absolute Gasteiger partial charge is 0.486 e. The first-order chi connectivity index (χ1) is 13.2. The van der Waals surface area contributed by atoms with Gasteiger partial charge in [-0.2, -0.15) is 0 Å². The van der Waals surface area contributed by atoms with Crippen LogP contribution in [-0.2, 0) is 6.61 Å². The third kappa shape index (κ3) is 4.24. The number of imidazole rings is 1. The summed E-state index contributed by atoms with van der Waals surface area (Å²) in [4.78, 5) is 22.1. The highest BCUT2D eigenvalue weighted by molar-refractivity contribution is 9.10. The molecule has 1 aromatic carbocycles.